The fraction of sp³-hybridized carbons (Fsp3) is 0.600. The van der Waals surface area contributed by atoms with Gasteiger partial charge in [0.2, 0.25) is 0 Å². The van der Waals surface area contributed by atoms with Crippen molar-refractivity contribution in [3.05, 3.63) is 18.0 Å². The summed E-state index contributed by atoms with van der Waals surface area (Å²) in [5.41, 5.74) is 2.38. The Morgan fingerprint density at radius 3 is 3.07 bits per heavy atom. The van der Waals surface area contributed by atoms with E-state index in [2.05, 4.69) is 16.4 Å². The molecule has 0 fully saturated rings. The summed E-state index contributed by atoms with van der Waals surface area (Å²) in [6, 6.07) is 0. The van der Waals surface area contributed by atoms with E-state index in [1.807, 2.05) is 7.05 Å². The zero-order valence-electron chi connectivity index (χ0n) is 8.28. The number of halogens is 1. The monoisotopic (exact) mass is 211 g/mol. The van der Waals surface area contributed by atoms with E-state index >= 15 is 0 Å². The first kappa shape index (κ1) is 9.71. The molecule has 0 bridgehead atoms. The molecular weight excluding hydrogens is 198 g/mol. The highest BCUT2D eigenvalue weighted by Gasteiger charge is 2.13. The number of allylic oxidation sites excluding steroid dienone is 2. The van der Waals surface area contributed by atoms with Crippen LogP contribution in [-0.4, -0.2) is 20.4 Å². The summed E-state index contributed by atoms with van der Waals surface area (Å²) in [6.07, 6.45) is 8.54. The first-order valence-corrected chi connectivity index (χ1v) is 5.41. The number of aromatic nitrogens is 3. The van der Waals surface area contributed by atoms with Gasteiger partial charge < -0.3 is 0 Å². The SMILES string of the molecule is Cn1nncc1C1=CC(Cl)CCCC1. The molecule has 1 aromatic heterocycles. The summed E-state index contributed by atoms with van der Waals surface area (Å²) < 4.78 is 1.81. The molecule has 4 heteroatoms. The molecule has 0 saturated heterocycles. The van der Waals surface area contributed by atoms with Crippen LogP contribution in [0.25, 0.3) is 5.57 Å². The van der Waals surface area contributed by atoms with Gasteiger partial charge in [0.15, 0.2) is 0 Å². The van der Waals surface area contributed by atoms with Crippen molar-refractivity contribution >= 4 is 17.2 Å². The Morgan fingerprint density at radius 2 is 2.36 bits per heavy atom. The van der Waals surface area contributed by atoms with E-state index < -0.39 is 0 Å². The van der Waals surface area contributed by atoms with Crippen molar-refractivity contribution in [3.8, 4) is 0 Å². The van der Waals surface area contributed by atoms with Crippen LogP contribution in [0.5, 0.6) is 0 Å². The highest BCUT2D eigenvalue weighted by Crippen LogP contribution is 2.27. The molecule has 1 aromatic rings. The van der Waals surface area contributed by atoms with Crippen LogP contribution in [0.3, 0.4) is 0 Å². The molecule has 1 aliphatic carbocycles. The third-order valence-corrected chi connectivity index (χ3v) is 2.95. The van der Waals surface area contributed by atoms with E-state index in [-0.39, 0.29) is 5.38 Å². The second-order valence-electron chi connectivity index (χ2n) is 3.70. The standard InChI is InChI=1S/C10H14ClN3/c1-14-10(7-12-13-14)8-4-2-3-5-9(11)6-8/h6-7,9H,2-5H2,1H3. The molecule has 1 heterocycles. The smallest absolute Gasteiger partial charge is 0.0839 e. The first-order valence-electron chi connectivity index (χ1n) is 4.97. The third kappa shape index (κ3) is 1.98. The van der Waals surface area contributed by atoms with E-state index in [9.17, 15) is 0 Å². The van der Waals surface area contributed by atoms with E-state index in [0.29, 0.717) is 0 Å². The van der Waals surface area contributed by atoms with Gasteiger partial charge >= 0.3 is 0 Å². The van der Waals surface area contributed by atoms with Gasteiger partial charge in [-0.3, -0.25) is 0 Å². The van der Waals surface area contributed by atoms with Crippen LogP contribution in [0.4, 0.5) is 0 Å². The summed E-state index contributed by atoms with van der Waals surface area (Å²) in [6.45, 7) is 0. The van der Waals surface area contributed by atoms with Gasteiger partial charge in [0.05, 0.1) is 17.3 Å². The summed E-state index contributed by atoms with van der Waals surface area (Å²) in [4.78, 5) is 0. The van der Waals surface area contributed by atoms with Crippen molar-refractivity contribution in [2.24, 2.45) is 7.05 Å². The molecule has 0 saturated carbocycles. The molecule has 0 spiro atoms. The molecule has 3 nitrogen and oxygen atoms in total. The quantitative estimate of drug-likeness (QED) is 0.668. The number of hydrogen-bond acceptors (Lipinski definition) is 2. The zero-order valence-corrected chi connectivity index (χ0v) is 9.04. The van der Waals surface area contributed by atoms with Gasteiger partial charge in [-0.05, 0) is 24.8 Å². The Kier molecular flexibility index (Phi) is 2.87. The largest absolute Gasteiger partial charge is 0.248 e. The lowest BCUT2D eigenvalue weighted by atomic mass is 10.1. The lowest BCUT2D eigenvalue weighted by molar-refractivity contribution is 0.698. The maximum atomic E-state index is 6.16. The number of nitrogens with zero attached hydrogens (tertiary/aromatic N) is 3. The van der Waals surface area contributed by atoms with Crippen molar-refractivity contribution in [3.63, 3.8) is 0 Å². The maximum Gasteiger partial charge on any atom is 0.0839 e. The Labute approximate surface area is 88.8 Å². The minimum atomic E-state index is 0.169. The highest BCUT2D eigenvalue weighted by molar-refractivity contribution is 6.22. The van der Waals surface area contributed by atoms with Gasteiger partial charge in [-0.2, -0.15) is 0 Å². The predicted molar refractivity (Wildman–Crippen MR) is 57.1 cm³/mol. The minimum absolute atomic E-state index is 0.169. The van der Waals surface area contributed by atoms with E-state index in [4.69, 9.17) is 11.6 Å². The maximum absolute atomic E-state index is 6.16. The zero-order chi connectivity index (χ0) is 9.97. The Balaban J connectivity index is 2.28. The van der Waals surface area contributed by atoms with Gasteiger partial charge in [0.1, 0.15) is 0 Å². The van der Waals surface area contributed by atoms with Crippen LogP contribution in [0.1, 0.15) is 31.4 Å². The Morgan fingerprint density at radius 1 is 1.50 bits per heavy atom. The van der Waals surface area contributed by atoms with Crippen molar-refractivity contribution < 1.29 is 0 Å². The van der Waals surface area contributed by atoms with E-state index in [1.54, 1.807) is 10.9 Å². The van der Waals surface area contributed by atoms with Gasteiger partial charge in [-0.25, -0.2) is 4.68 Å². The van der Waals surface area contributed by atoms with Crippen LogP contribution in [0.2, 0.25) is 0 Å². The van der Waals surface area contributed by atoms with Gasteiger partial charge in [0, 0.05) is 7.05 Å². The van der Waals surface area contributed by atoms with Crippen LogP contribution in [-0.2, 0) is 7.05 Å². The van der Waals surface area contributed by atoms with E-state index in [0.717, 1.165) is 18.5 Å². The van der Waals surface area contributed by atoms with Crippen LogP contribution >= 0.6 is 11.6 Å². The molecule has 1 unspecified atom stereocenters. The minimum Gasteiger partial charge on any atom is -0.248 e. The average Bonchev–Trinajstić information content (AvgIpc) is 2.45. The second kappa shape index (κ2) is 4.13. The molecule has 1 atom stereocenters. The van der Waals surface area contributed by atoms with Gasteiger partial charge in [0.25, 0.3) is 0 Å². The summed E-state index contributed by atoms with van der Waals surface area (Å²) in [5, 5.41) is 7.98. The summed E-state index contributed by atoms with van der Waals surface area (Å²) >= 11 is 6.16. The van der Waals surface area contributed by atoms with Gasteiger partial charge in [-0.15, -0.1) is 16.7 Å². The number of hydrogen-bond donors (Lipinski definition) is 0. The van der Waals surface area contributed by atoms with E-state index in [1.165, 1.54) is 18.4 Å². The fourth-order valence-electron chi connectivity index (χ4n) is 1.83. The van der Waals surface area contributed by atoms with Crippen LogP contribution in [0.15, 0.2) is 12.3 Å². The number of rotatable bonds is 1. The molecule has 0 aromatic carbocycles. The van der Waals surface area contributed by atoms with Crippen molar-refractivity contribution in [1.82, 2.24) is 15.0 Å². The molecule has 0 aliphatic heterocycles. The number of aryl methyl sites for hydroxylation is 1. The predicted octanol–water partition coefficient (Wildman–Crippen LogP) is 2.38. The molecule has 0 N–H and O–H groups in total. The van der Waals surface area contributed by atoms with Crippen molar-refractivity contribution in [1.29, 1.82) is 0 Å². The molecule has 0 amide bonds. The molecule has 1 aliphatic rings. The lowest BCUT2D eigenvalue weighted by Crippen LogP contribution is -1.98. The fourth-order valence-corrected chi connectivity index (χ4v) is 2.14. The molecule has 0 radical (unpaired) electrons. The summed E-state index contributed by atoms with van der Waals surface area (Å²) in [7, 11) is 1.91. The highest BCUT2D eigenvalue weighted by atomic mass is 35.5. The normalized spacial score (nSPS) is 23.0. The lowest BCUT2D eigenvalue weighted by Gasteiger charge is -2.04. The van der Waals surface area contributed by atoms with Crippen molar-refractivity contribution in [2.45, 2.75) is 31.1 Å². The average molecular weight is 212 g/mol. The number of alkyl halides is 1. The van der Waals surface area contributed by atoms with Crippen LogP contribution in [0, 0.1) is 0 Å². The molecule has 2 rings (SSSR count). The molecular formula is C10H14ClN3. The Bertz CT molecular complexity index is 343. The first-order chi connectivity index (χ1) is 6.77. The second-order valence-corrected chi connectivity index (χ2v) is 4.26. The molecule has 14 heavy (non-hydrogen) atoms. The topological polar surface area (TPSA) is 30.7 Å². The Hall–Kier alpha value is -0.830. The summed E-state index contributed by atoms with van der Waals surface area (Å²) in [5.74, 6) is 0. The molecule has 76 valence electrons. The van der Waals surface area contributed by atoms with Crippen LogP contribution < -0.4 is 0 Å². The van der Waals surface area contributed by atoms with Crippen molar-refractivity contribution in [2.75, 3.05) is 0 Å². The van der Waals surface area contributed by atoms with Gasteiger partial charge in [-0.1, -0.05) is 17.7 Å². The third-order valence-electron chi connectivity index (χ3n) is 2.60.